The summed E-state index contributed by atoms with van der Waals surface area (Å²) in [4.78, 5) is 25.0. The van der Waals surface area contributed by atoms with E-state index in [-0.39, 0.29) is 25.8 Å². The molecule has 0 heterocycles. The van der Waals surface area contributed by atoms with Crippen molar-refractivity contribution in [3.63, 3.8) is 0 Å². The highest BCUT2D eigenvalue weighted by Crippen LogP contribution is 2.38. The Kier molecular flexibility index (Phi) is 37.6. The van der Waals surface area contributed by atoms with E-state index in [0.717, 1.165) is 32.1 Å². The van der Waals surface area contributed by atoms with Gasteiger partial charge in [-0.05, 0) is 38.5 Å². The first-order valence-electron chi connectivity index (χ1n) is 22.4. The van der Waals surface area contributed by atoms with Gasteiger partial charge >= 0.3 is 5.97 Å². The van der Waals surface area contributed by atoms with Gasteiger partial charge in [-0.15, -0.1) is 0 Å². The quantitative estimate of drug-likeness (QED) is 0.0200. The molecule has 0 saturated carbocycles. The van der Waals surface area contributed by atoms with Crippen LogP contribution in [0.2, 0.25) is 0 Å². The van der Waals surface area contributed by atoms with Gasteiger partial charge < -0.3 is 27.9 Å². The molecule has 0 aliphatic rings. The van der Waals surface area contributed by atoms with Crippen LogP contribution in [-0.4, -0.2) is 70.7 Å². The van der Waals surface area contributed by atoms with Crippen LogP contribution < -0.4 is 4.89 Å². The Balaban J connectivity index is 4.20. The fraction of sp³-hybridized carbons (Fsp3) is 0.932. The number of esters is 1. The van der Waals surface area contributed by atoms with Crippen LogP contribution in [0.3, 0.4) is 0 Å². The minimum absolute atomic E-state index is 0.0285. The number of hydrogen-bond acceptors (Lipinski definition) is 7. The second kappa shape index (κ2) is 38.1. The molecule has 0 aliphatic carbocycles. The molecule has 0 bridgehead atoms. The average Bonchev–Trinajstić information content (AvgIpc) is 3.11. The van der Waals surface area contributed by atoms with Crippen molar-refractivity contribution in [3.05, 3.63) is 12.2 Å². The van der Waals surface area contributed by atoms with Gasteiger partial charge in [0.15, 0.2) is 0 Å². The van der Waals surface area contributed by atoms with Crippen LogP contribution in [0.25, 0.3) is 0 Å². The minimum Gasteiger partial charge on any atom is -0.756 e. The molecule has 0 rings (SSSR count). The lowest BCUT2D eigenvalue weighted by Crippen LogP contribution is -2.37. The largest absolute Gasteiger partial charge is 0.756 e. The summed E-state index contributed by atoms with van der Waals surface area (Å²) in [6.07, 6.45) is 40.7. The minimum atomic E-state index is -4.52. The van der Waals surface area contributed by atoms with Crippen LogP contribution in [0.4, 0.5) is 0 Å². The molecule has 0 aromatic carbocycles. The van der Waals surface area contributed by atoms with Crippen LogP contribution in [-0.2, 0) is 27.9 Å². The number of unbranched alkanes of at least 4 members (excludes halogenated alkanes) is 26. The molecule has 8 nitrogen and oxygen atoms in total. The summed E-state index contributed by atoms with van der Waals surface area (Å²) in [5, 5.41) is 0. The molecule has 2 atom stereocenters. The lowest BCUT2D eigenvalue weighted by molar-refractivity contribution is -0.870. The maximum Gasteiger partial charge on any atom is 0.306 e. The Hall–Kier alpha value is -0.760. The predicted molar refractivity (Wildman–Crippen MR) is 222 cm³/mol. The molecule has 0 aromatic rings. The van der Waals surface area contributed by atoms with Gasteiger partial charge in [-0.2, -0.15) is 0 Å². The number of nitrogens with zero attached hydrogens (tertiary/aromatic N) is 1. The predicted octanol–water partition coefficient (Wildman–Crippen LogP) is 12.4. The van der Waals surface area contributed by atoms with Gasteiger partial charge in [0.05, 0.1) is 34.4 Å². The number of hydrogen-bond donors (Lipinski definition) is 0. The maximum atomic E-state index is 12.7. The monoisotopic (exact) mass is 774 g/mol. The van der Waals surface area contributed by atoms with Gasteiger partial charge in [-0.3, -0.25) is 9.36 Å². The Bertz CT molecular complexity index is 863. The fourth-order valence-corrected chi connectivity index (χ4v) is 7.03. The van der Waals surface area contributed by atoms with Crippen molar-refractivity contribution in [2.45, 2.75) is 213 Å². The third-order valence-electron chi connectivity index (χ3n) is 9.82. The van der Waals surface area contributed by atoms with E-state index < -0.39 is 13.9 Å². The van der Waals surface area contributed by atoms with Crippen LogP contribution in [0.1, 0.15) is 206 Å². The maximum absolute atomic E-state index is 12.7. The molecule has 316 valence electrons. The van der Waals surface area contributed by atoms with Crippen molar-refractivity contribution < 1.29 is 37.3 Å². The van der Waals surface area contributed by atoms with Crippen molar-refractivity contribution >= 4 is 13.8 Å². The molecule has 53 heavy (non-hydrogen) atoms. The number of quaternary nitrogens is 1. The number of allylic oxidation sites excluding steroid dienone is 2. The number of phosphoric acid groups is 1. The number of rotatable bonds is 42. The lowest BCUT2D eigenvalue weighted by atomic mass is 10.0. The highest BCUT2D eigenvalue weighted by atomic mass is 31.2. The van der Waals surface area contributed by atoms with E-state index in [9.17, 15) is 14.3 Å². The van der Waals surface area contributed by atoms with Gasteiger partial charge in [0.1, 0.15) is 19.3 Å². The second-order valence-corrected chi connectivity index (χ2v) is 17.8. The van der Waals surface area contributed by atoms with E-state index in [1.165, 1.54) is 154 Å². The molecular weight excluding hydrogens is 685 g/mol. The van der Waals surface area contributed by atoms with Crippen LogP contribution >= 0.6 is 7.82 Å². The van der Waals surface area contributed by atoms with E-state index in [1.807, 2.05) is 21.1 Å². The van der Waals surface area contributed by atoms with Crippen LogP contribution in [0.15, 0.2) is 12.2 Å². The number of likely N-dealkylation sites (N-methyl/N-ethyl adjacent to an activating group) is 1. The summed E-state index contributed by atoms with van der Waals surface area (Å²) >= 11 is 0. The summed E-state index contributed by atoms with van der Waals surface area (Å²) < 4.78 is 34.6. The van der Waals surface area contributed by atoms with Crippen molar-refractivity contribution in [2.24, 2.45) is 0 Å². The second-order valence-electron chi connectivity index (χ2n) is 16.4. The Morgan fingerprint density at radius 2 is 0.981 bits per heavy atom. The SMILES string of the molecule is CCCCCCCC/C=C\CCCCCCCCCC(=O)O[C@H](COCCCCCCCCCCCCCCCC)COP(=O)([O-])OCC[N+](C)(C)C. The fourth-order valence-electron chi connectivity index (χ4n) is 6.31. The third kappa shape index (κ3) is 42.2. The smallest absolute Gasteiger partial charge is 0.306 e. The highest BCUT2D eigenvalue weighted by molar-refractivity contribution is 7.45. The summed E-state index contributed by atoms with van der Waals surface area (Å²) in [6, 6.07) is 0. The van der Waals surface area contributed by atoms with E-state index in [1.54, 1.807) is 0 Å². The number of carbonyl (C=O) groups excluding carboxylic acids is 1. The van der Waals surface area contributed by atoms with Crippen molar-refractivity contribution in [2.75, 3.05) is 54.1 Å². The summed E-state index contributed by atoms with van der Waals surface area (Å²) in [7, 11) is 1.36. The first-order chi connectivity index (χ1) is 25.6. The van der Waals surface area contributed by atoms with Crippen molar-refractivity contribution in [1.82, 2.24) is 0 Å². The van der Waals surface area contributed by atoms with Gasteiger partial charge in [-0.25, -0.2) is 0 Å². The number of phosphoric ester groups is 1. The third-order valence-corrected chi connectivity index (χ3v) is 10.8. The molecule has 0 aliphatic heterocycles. The average molecular weight is 774 g/mol. The van der Waals surface area contributed by atoms with E-state index >= 15 is 0 Å². The van der Waals surface area contributed by atoms with Crippen molar-refractivity contribution in [1.29, 1.82) is 0 Å². The molecule has 0 N–H and O–H groups in total. The molecule has 0 saturated heterocycles. The van der Waals surface area contributed by atoms with Gasteiger partial charge in [0.2, 0.25) is 0 Å². The van der Waals surface area contributed by atoms with Gasteiger partial charge in [0, 0.05) is 13.0 Å². The highest BCUT2D eigenvalue weighted by Gasteiger charge is 2.20. The van der Waals surface area contributed by atoms with Crippen molar-refractivity contribution in [3.8, 4) is 0 Å². The summed E-state index contributed by atoms with van der Waals surface area (Å²) in [6.45, 7) is 5.44. The standard InChI is InChI=1S/C44H88NO7P/c1-6-8-10-12-14-16-18-20-22-23-24-25-27-29-31-33-35-37-44(46)52-43(42-51-53(47,48)50-40-38-45(3,4)5)41-49-39-36-34-32-30-28-26-21-19-17-15-13-11-9-7-2/h20,22,43H,6-19,21,23-42H2,1-5H3/b22-20-/t43-/m1/s1. The molecule has 0 radical (unpaired) electrons. The van der Waals surface area contributed by atoms with Gasteiger partial charge in [0.25, 0.3) is 7.82 Å². The zero-order valence-corrected chi connectivity index (χ0v) is 36.6. The normalized spacial score (nSPS) is 13.8. The first-order valence-corrected chi connectivity index (χ1v) is 23.9. The molecule has 0 amide bonds. The first kappa shape index (κ1) is 52.2. The van der Waals surface area contributed by atoms with Crippen LogP contribution in [0.5, 0.6) is 0 Å². The summed E-state index contributed by atoms with van der Waals surface area (Å²) in [5.74, 6) is -0.335. The Morgan fingerprint density at radius 3 is 1.43 bits per heavy atom. The molecule has 0 aromatic heterocycles. The van der Waals surface area contributed by atoms with Crippen LogP contribution in [0, 0.1) is 0 Å². The molecule has 0 fully saturated rings. The van der Waals surface area contributed by atoms with E-state index in [4.69, 9.17) is 18.5 Å². The summed E-state index contributed by atoms with van der Waals surface area (Å²) in [5.41, 5.74) is 0. The Morgan fingerprint density at radius 1 is 0.566 bits per heavy atom. The van der Waals surface area contributed by atoms with E-state index in [2.05, 4.69) is 26.0 Å². The Labute approximate surface area is 329 Å². The zero-order valence-electron chi connectivity index (χ0n) is 35.7. The molecule has 9 heteroatoms. The number of ether oxygens (including phenoxy) is 2. The molecule has 1 unspecified atom stereocenters. The lowest BCUT2D eigenvalue weighted by Gasteiger charge is -2.28. The van der Waals surface area contributed by atoms with Gasteiger partial charge in [-0.1, -0.05) is 174 Å². The molecule has 0 spiro atoms. The molecular formula is C44H88NO7P. The zero-order chi connectivity index (χ0) is 39.1. The topological polar surface area (TPSA) is 94.1 Å². The number of carbonyl (C=O) groups is 1. The van der Waals surface area contributed by atoms with E-state index in [0.29, 0.717) is 24.1 Å².